The predicted octanol–water partition coefficient (Wildman–Crippen LogP) is 2.82. The summed E-state index contributed by atoms with van der Waals surface area (Å²) in [5.74, 6) is 0.972. The third-order valence-corrected chi connectivity index (χ3v) is 2.98. The van der Waals surface area contributed by atoms with Crippen LogP contribution in [0.25, 0.3) is 0 Å². The van der Waals surface area contributed by atoms with Gasteiger partial charge in [-0.1, -0.05) is 17.7 Å². The highest BCUT2D eigenvalue weighted by atomic mass is 16.5. The van der Waals surface area contributed by atoms with Crippen LogP contribution in [0.15, 0.2) is 24.3 Å². The van der Waals surface area contributed by atoms with Gasteiger partial charge in [0.05, 0.1) is 0 Å². The summed E-state index contributed by atoms with van der Waals surface area (Å²) in [5.41, 5.74) is 1.27. The van der Waals surface area contributed by atoms with Crippen LogP contribution in [0.2, 0.25) is 0 Å². The second kappa shape index (κ2) is 4.67. The molecule has 0 N–H and O–H groups in total. The molecule has 15 heavy (non-hydrogen) atoms. The zero-order valence-electron chi connectivity index (χ0n) is 9.57. The second-order valence-corrected chi connectivity index (χ2v) is 4.27. The van der Waals surface area contributed by atoms with Crippen LogP contribution in [0, 0.1) is 6.92 Å². The lowest BCUT2D eigenvalue weighted by Crippen LogP contribution is -2.34. The van der Waals surface area contributed by atoms with E-state index in [4.69, 9.17) is 4.74 Å². The molecule has 2 nitrogen and oxygen atoms in total. The van der Waals surface area contributed by atoms with Gasteiger partial charge >= 0.3 is 0 Å². The molecular formula is C13H19NO. The third kappa shape index (κ3) is 2.72. The molecule has 1 fully saturated rings. The van der Waals surface area contributed by atoms with Gasteiger partial charge in [-0.2, -0.15) is 0 Å². The molecule has 2 rings (SSSR count). The summed E-state index contributed by atoms with van der Waals surface area (Å²) in [7, 11) is 0. The standard InChI is InChI=1S/C13H19NO/c1-11-5-7-13(8-6-11)15-12(2)14-9-3-4-10-14/h5-8,12H,3-4,9-10H2,1-2H3. The van der Waals surface area contributed by atoms with Crippen molar-refractivity contribution in [3.8, 4) is 5.75 Å². The molecule has 0 aromatic heterocycles. The first-order chi connectivity index (χ1) is 7.25. The zero-order chi connectivity index (χ0) is 10.7. The van der Waals surface area contributed by atoms with E-state index < -0.39 is 0 Å². The average Bonchev–Trinajstić information content (AvgIpc) is 2.74. The maximum atomic E-state index is 5.88. The molecule has 1 unspecified atom stereocenters. The number of rotatable bonds is 3. The largest absolute Gasteiger partial charge is 0.475 e. The minimum atomic E-state index is 0.204. The van der Waals surface area contributed by atoms with Crippen molar-refractivity contribution >= 4 is 0 Å². The van der Waals surface area contributed by atoms with Crippen LogP contribution in [0.5, 0.6) is 5.75 Å². The van der Waals surface area contributed by atoms with E-state index in [9.17, 15) is 0 Å². The molecule has 1 atom stereocenters. The molecule has 0 radical (unpaired) electrons. The van der Waals surface area contributed by atoms with Gasteiger partial charge in [0.15, 0.2) is 0 Å². The van der Waals surface area contributed by atoms with E-state index >= 15 is 0 Å². The van der Waals surface area contributed by atoms with Crippen LogP contribution in [0.3, 0.4) is 0 Å². The Labute approximate surface area is 91.9 Å². The SMILES string of the molecule is Cc1ccc(OC(C)N2CCCC2)cc1. The number of ether oxygens (including phenoxy) is 1. The van der Waals surface area contributed by atoms with E-state index in [-0.39, 0.29) is 6.23 Å². The first kappa shape index (κ1) is 10.5. The summed E-state index contributed by atoms with van der Waals surface area (Å²) >= 11 is 0. The third-order valence-electron chi connectivity index (χ3n) is 2.98. The number of likely N-dealkylation sites (tertiary alicyclic amines) is 1. The molecule has 82 valence electrons. The van der Waals surface area contributed by atoms with E-state index in [0.717, 1.165) is 5.75 Å². The fraction of sp³-hybridized carbons (Fsp3) is 0.538. The number of benzene rings is 1. The summed E-state index contributed by atoms with van der Waals surface area (Å²) in [6.45, 7) is 6.57. The number of nitrogens with zero attached hydrogens (tertiary/aromatic N) is 1. The number of hydrogen-bond donors (Lipinski definition) is 0. The van der Waals surface area contributed by atoms with Gasteiger partial charge in [-0.25, -0.2) is 0 Å². The lowest BCUT2D eigenvalue weighted by molar-refractivity contribution is 0.0592. The Kier molecular flexibility index (Phi) is 3.27. The first-order valence-electron chi connectivity index (χ1n) is 5.73. The molecule has 0 spiro atoms. The molecule has 0 amide bonds. The first-order valence-corrected chi connectivity index (χ1v) is 5.73. The summed E-state index contributed by atoms with van der Waals surface area (Å²) in [6.07, 6.45) is 2.82. The van der Waals surface area contributed by atoms with Crippen molar-refractivity contribution in [2.24, 2.45) is 0 Å². The van der Waals surface area contributed by atoms with Gasteiger partial charge in [0, 0.05) is 13.1 Å². The smallest absolute Gasteiger partial charge is 0.149 e. The van der Waals surface area contributed by atoms with Crippen LogP contribution in [-0.4, -0.2) is 24.2 Å². The lowest BCUT2D eigenvalue weighted by atomic mass is 10.2. The molecular weight excluding hydrogens is 186 g/mol. The highest BCUT2D eigenvalue weighted by Gasteiger charge is 2.18. The predicted molar refractivity (Wildman–Crippen MR) is 62.1 cm³/mol. The summed E-state index contributed by atoms with van der Waals surface area (Å²) in [6, 6.07) is 8.27. The molecule has 0 bridgehead atoms. The van der Waals surface area contributed by atoms with Gasteiger partial charge in [0.2, 0.25) is 0 Å². The van der Waals surface area contributed by atoms with Crippen LogP contribution >= 0.6 is 0 Å². The van der Waals surface area contributed by atoms with E-state index in [1.54, 1.807) is 0 Å². The van der Waals surface area contributed by atoms with Gasteiger partial charge < -0.3 is 4.74 Å². The van der Waals surface area contributed by atoms with Gasteiger partial charge in [0.25, 0.3) is 0 Å². The Bertz CT molecular complexity index is 301. The quantitative estimate of drug-likeness (QED) is 0.752. The molecule has 1 aromatic rings. The molecule has 1 aliphatic rings. The summed E-state index contributed by atoms with van der Waals surface area (Å²) in [4.78, 5) is 2.39. The minimum Gasteiger partial charge on any atom is -0.475 e. The zero-order valence-corrected chi connectivity index (χ0v) is 9.57. The Morgan fingerprint density at radius 2 is 1.73 bits per heavy atom. The summed E-state index contributed by atoms with van der Waals surface area (Å²) < 4.78 is 5.88. The molecule has 1 aromatic carbocycles. The van der Waals surface area contributed by atoms with E-state index in [1.165, 1.54) is 31.5 Å². The van der Waals surface area contributed by atoms with E-state index in [1.807, 2.05) is 12.1 Å². The topological polar surface area (TPSA) is 12.5 Å². The van der Waals surface area contributed by atoms with Crippen molar-refractivity contribution in [3.63, 3.8) is 0 Å². The molecule has 2 heteroatoms. The Hall–Kier alpha value is -1.02. The maximum absolute atomic E-state index is 5.88. The van der Waals surface area contributed by atoms with Crippen molar-refractivity contribution in [3.05, 3.63) is 29.8 Å². The highest BCUT2D eigenvalue weighted by Crippen LogP contribution is 2.17. The fourth-order valence-corrected chi connectivity index (χ4v) is 1.99. The number of hydrogen-bond acceptors (Lipinski definition) is 2. The maximum Gasteiger partial charge on any atom is 0.149 e. The Morgan fingerprint density at radius 1 is 1.13 bits per heavy atom. The van der Waals surface area contributed by atoms with Crippen molar-refractivity contribution < 1.29 is 4.74 Å². The van der Waals surface area contributed by atoms with Gasteiger partial charge in [0.1, 0.15) is 12.0 Å². The molecule has 1 heterocycles. The average molecular weight is 205 g/mol. The fourth-order valence-electron chi connectivity index (χ4n) is 1.99. The van der Waals surface area contributed by atoms with Crippen molar-refractivity contribution in [1.82, 2.24) is 4.90 Å². The van der Waals surface area contributed by atoms with Gasteiger partial charge in [-0.05, 0) is 38.8 Å². The van der Waals surface area contributed by atoms with Crippen LogP contribution in [0.4, 0.5) is 0 Å². The van der Waals surface area contributed by atoms with Gasteiger partial charge in [-0.15, -0.1) is 0 Å². The van der Waals surface area contributed by atoms with Gasteiger partial charge in [-0.3, -0.25) is 4.90 Å². The van der Waals surface area contributed by atoms with E-state index in [0.29, 0.717) is 0 Å². The monoisotopic (exact) mass is 205 g/mol. The van der Waals surface area contributed by atoms with E-state index in [2.05, 4.69) is 30.9 Å². The minimum absolute atomic E-state index is 0.204. The Balaban J connectivity index is 1.92. The second-order valence-electron chi connectivity index (χ2n) is 4.27. The Morgan fingerprint density at radius 3 is 2.33 bits per heavy atom. The molecule has 1 aliphatic heterocycles. The molecule has 0 aliphatic carbocycles. The highest BCUT2D eigenvalue weighted by molar-refractivity contribution is 5.26. The normalized spacial score (nSPS) is 19.1. The van der Waals surface area contributed by atoms with Crippen molar-refractivity contribution in [2.45, 2.75) is 32.9 Å². The van der Waals surface area contributed by atoms with Crippen molar-refractivity contribution in [2.75, 3.05) is 13.1 Å². The number of aryl methyl sites for hydroxylation is 1. The van der Waals surface area contributed by atoms with Crippen LogP contribution in [0.1, 0.15) is 25.3 Å². The lowest BCUT2D eigenvalue weighted by Gasteiger charge is -2.24. The summed E-state index contributed by atoms with van der Waals surface area (Å²) in [5, 5.41) is 0. The van der Waals surface area contributed by atoms with Crippen molar-refractivity contribution in [1.29, 1.82) is 0 Å². The molecule has 0 saturated carbocycles. The van der Waals surface area contributed by atoms with Crippen LogP contribution < -0.4 is 4.74 Å². The van der Waals surface area contributed by atoms with Crippen LogP contribution in [-0.2, 0) is 0 Å². The molecule has 1 saturated heterocycles.